The molecule has 0 radical (unpaired) electrons. The zero-order valence-corrected chi connectivity index (χ0v) is 13.4. The van der Waals surface area contributed by atoms with Crippen LogP contribution in [0.3, 0.4) is 0 Å². The first-order valence-electron chi connectivity index (χ1n) is 7.19. The van der Waals surface area contributed by atoms with Crippen LogP contribution in [0.4, 0.5) is 0 Å². The van der Waals surface area contributed by atoms with Gasteiger partial charge >= 0.3 is 0 Å². The SMILES string of the molecule is COc1ccsc1C(=O)N[C@H]1CCO[C@@H](c2cncn2C)C1. The number of aryl methyl sites for hydroxylation is 1. The fraction of sp³-hybridized carbons (Fsp3) is 0.467. The predicted molar refractivity (Wildman–Crippen MR) is 83.3 cm³/mol. The molecule has 1 amide bonds. The third-order valence-corrected chi connectivity index (χ3v) is 4.75. The van der Waals surface area contributed by atoms with Crippen LogP contribution in [0, 0.1) is 0 Å². The van der Waals surface area contributed by atoms with Crippen molar-refractivity contribution in [2.24, 2.45) is 7.05 Å². The summed E-state index contributed by atoms with van der Waals surface area (Å²) in [6, 6.07) is 1.90. The van der Waals surface area contributed by atoms with Gasteiger partial charge in [-0.15, -0.1) is 11.3 Å². The lowest BCUT2D eigenvalue weighted by atomic mass is 10.0. The second-order valence-electron chi connectivity index (χ2n) is 5.30. The van der Waals surface area contributed by atoms with E-state index in [4.69, 9.17) is 9.47 Å². The summed E-state index contributed by atoms with van der Waals surface area (Å²) in [6.45, 7) is 0.627. The number of nitrogens with one attached hydrogen (secondary N) is 1. The third kappa shape index (κ3) is 3.00. The molecule has 2 aromatic heterocycles. The summed E-state index contributed by atoms with van der Waals surface area (Å²) >= 11 is 1.39. The number of hydrogen-bond acceptors (Lipinski definition) is 5. The molecule has 1 fully saturated rings. The first-order valence-corrected chi connectivity index (χ1v) is 8.07. The molecule has 0 spiro atoms. The van der Waals surface area contributed by atoms with Gasteiger partial charge in [-0.05, 0) is 24.3 Å². The van der Waals surface area contributed by atoms with Gasteiger partial charge in [-0.2, -0.15) is 0 Å². The number of thiophene rings is 1. The number of carbonyl (C=O) groups is 1. The summed E-state index contributed by atoms with van der Waals surface area (Å²) in [5, 5.41) is 4.95. The van der Waals surface area contributed by atoms with Gasteiger partial charge < -0.3 is 19.4 Å². The Kier molecular flexibility index (Phi) is 4.44. The molecule has 3 heterocycles. The number of methoxy groups -OCH3 is 1. The molecule has 1 saturated heterocycles. The fourth-order valence-corrected chi connectivity index (χ4v) is 3.45. The van der Waals surface area contributed by atoms with Crippen molar-refractivity contribution in [1.29, 1.82) is 0 Å². The molecule has 0 aliphatic carbocycles. The van der Waals surface area contributed by atoms with Crippen molar-refractivity contribution < 1.29 is 14.3 Å². The van der Waals surface area contributed by atoms with Crippen LogP contribution in [0.15, 0.2) is 24.0 Å². The fourth-order valence-electron chi connectivity index (χ4n) is 2.69. The third-order valence-electron chi connectivity index (χ3n) is 3.86. The molecule has 7 heteroatoms. The lowest BCUT2D eigenvalue weighted by Gasteiger charge is -2.30. The first kappa shape index (κ1) is 15.1. The van der Waals surface area contributed by atoms with E-state index in [1.54, 1.807) is 13.4 Å². The number of rotatable bonds is 4. The number of carbonyl (C=O) groups excluding carboxylic acids is 1. The quantitative estimate of drug-likeness (QED) is 0.937. The van der Waals surface area contributed by atoms with Gasteiger partial charge in [0.25, 0.3) is 5.91 Å². The van der Waals surface area contributed by atoms with E-state index in [-0.39, 0.29) is 18.1 Å². The molecule has 1 aliphatic heterocycles. The van der Waals surface area contributed by atoms with Gasteiger partial charge in [0.15, 0.2) is 0 Å². The highest BCUT2D eigenvalue weighted by molar-refractivity contribution is 7.12. The van der Waals surface area contributed by atoms with Crippen molar-refractivity contribution in [3.05, 3.63) is 34.5 Å². The molecule has 1 aliphatic rings. The average Bonchev–Trinajstić information content (AvgIpc) is 3.15. The van der Waals surface area contributed by atoms with Crippen LogP contribution in [0.25, 0.3) is 0 Å². The Hall–Kier alpha value is -1.86. The number of imidazole rings is 1. The Labute approximate surface area is 133 Å². The highest BCUT2D eigenvalue weighted by Gasteiger charge is 2.27. The molecule has 0 bridgehead atoms. The van der Waals surface area contributed by atoms with Gasteiger partial charge in [0.05, 0.1) is 25.3 Å². The highest BCUT2D eigenvalue weighted by Crippen LogP contribution is 2.29. The van der Waals surface area contributed by atoms with Gasteiger partial charge in [0.1, 0.15) is 16.7 Å². The van der Waals surface area contributed by atoms with Crippen molar-refractivity contribution in [2.45, 2.75) is 25.0 Å². The minimum absolute atomic E-state index is 0.0308. The van der Waals surface area contributed by atoms with Crippen molar-refractivity contribution in [1.82, 2.24) is 14.9 Å². The molecule has 6 nitrogen and oxygen atoms in total. The van der Waals surface area contributed by atoms with Crippen LogP contribution in [0.5, 0.6) is 5.75 Å². The van der Waals surface area contributed by atoms with E-state index in [9.17, 15) is 4.79 Å². The highest BCUT2D eigenvalue weighted by atomic mass is 32.1. The van der Waals surface area contributed by atoms with Crippen molar-refractivity contribution in [3.8, 4) is 5.75 Å². The average molecular weight is 321 g/mol. The predicted octanol–water partition coefficient (Wildman–Crippen LogP) is 2.14. The van der Waals surface area contributed by atoms with Crippen LogP contribution < -0.4 is 10.1 Å². The minimum Gasteiger partial charge on any atom is -0.495 e. The minimum atomic E-state index is -0.0810. The maximum Gasteiger partial charge on any atom is 0.265 e. The number of aromatic nitrogens is 2. The topological polar surface area (TPSA) is 65.4 Å². The van der Waals surface area contributed by atoms with Gasteiger partial charge in [0.2, 0.25) is 0 Å². The number of hydrogen-bond donors (Lipinski definition) is 1. The Morgan fingerprint density at radius 1 is 1.59 bits per heavy atom. The van der Waals surface area contributed by atoms with E-state index >= 15 is 0 Å². The lowest BCUT2D eigenvalue weighted by molar-refractivity contribution is -0.00299. The normalized spacial score (nSPS) is 21.5. The molecule has 2 aromatic rings. The lowest BCUT2D eigenvalue weighted by Crippen LogP contribution is -2.39. The molecule has 0 unspecified atom stereocenters. The number of ether oxygens (including phenoxy) is 2. The van der Waals surface area contributed by atoms with E-state index in [1.807, 2.05) is 29.3 Å². The first-order chi connectivity index (χ1) is 10.7. The summed E-state index contributed by atoms with van der Waals surface area (Å²) in [4.78, 5) is 17.1. The Morgan fingerprint density at radius 2 is 2.45 bits per heavy atom. The molecule has 3 rings (SSSR count). The summed E-state index contributed by atoms with van der Waals surface area (Å²) < 4.78 is 13.0. The summed E-state index contributed by atoms with van der Waals surface area (Å²) in [6.07, 6.45) is 5.11. The van der Waals surface area contributed by atoms with E-state index < -0.39 is 0 Å². The van der Waals surface area contributed by atoms with E-state index in [1.165, 1.54) is 11.3 Å². The zero-order chi connectivity index (χ0) is 15.5. The van der Waals surface area contributed by atoms with Gasteiger partial charge in [-0.1, -0.05) is 0 Å². The maximum atomic E-state index is 12.4. The second-order valence-corrected chi connectivity index (χ2v) is 6.22. The van der Waals surface area contributed by atoms with E-state index in [0.29, 0.717) is 17.2 Å². The molecule has 0 aromatic carbocycles. The van der Waals surface area contributed by atoms with Crippen LogP contribution in [0.2, 0.25) is 0 Å². The molecule has 1 N–H and O–H groups in total. The van der Waals surface area contributed by atoms with Crippen LogP contribution >= 0.6 is 11.3 Å². The molecule has 118 valence electrons. The monoisotopic (exact) mass is 321 g/mol. The Morgan fingerprint density at radius 3 is 3.18 bits per heavy atom. The largest absolute Gasteiger partial charge is 0.495 e. The Bertz CT molecular complexity index is 652. The van der Waals surface area contributed by atoms with Crippen molar-refractivity contribution >= 4 is 17.2 Å². The molecule has 2 atom stereocenters. The Balaban J connectivity index is 1.65. The van der Waals surface area contributed by atoms with Gasteiger partial charge in [0, 0.05) is 19.7 Å². The van der Waals surface area contributed by atoms with E-state index in [2.05, 4.69) is 10.3 Å². The molecular weight excluding hydrogens is 302 g/mol. The summed E-state index contributed by atoms with van der Waals surface area (Å²) in [5.74, 6) is 0.542. The molecule has 0 saturated carbocycles. The zero-order valence-electron chi connectivity index (χ0n) is 12.6. The van der Waals surface area contributed by atoms with Crippen molar-refractivity contribution in [3.63, 3.8) is 0 Å². The number of nitrogens with zero attached hydrogens (tertiary/aromatic N) is 2. The van der Waals surface area contributed by atoms with Crippen LogP contribution in [-0.4, -0.2) is 35.2 Å². The maximum absolute atomic E-state index is 12.4. The summed E-state index contributed by atoms with van der Waals surface area (Å²) in [5.41, 5.74) is 1.03. The number of amides is 1. The molecule has 22 heavy (non-hydrogen) atoms. The van der Waals surface area contributed by atoms with Gasteiger partial charge in [-0.3, -0.25) is 4.79 Å². The van der Waals surface area contributed by atoms with E-state index in [0.717, 1.165) is 18.5 Å². The smallest absolute Gasteiger partial charge is 0.265 e. The van der Waals surface area contributed by atoms with Crippen LogP contribution in [-0.2, 0) is 11.8 Å². The standard InChI is InChI=1S/C15H19N3O3S/c1-18-9-16-8-11(18)13-7-10(3-5-21-13)17-15(19)14-12(20-2)4-6-22-14/h4,6,8-10,13H,3,5,7H2,1-2H3,(H,17,19)/t10-,13+/m0/s1. The van der Waals surface area contributed by atoms with Gasteiger partial charge in [-0.25, -0.2) is 4.98 Å². The van der Waals surface area contributed by atoms with Crippen molar-refractivity contribution in [2.75, 3.05) is 13.7 Å². The summed E-state index contributed by atoms with van der Waals surface area (Å²) in [7, 11) is 3.52. The molecular formula is C15H19N3O3S. The second kappa shape index (κ2) is 6.50. The van der Waals surface area contributed by atoms with Crippen LogP contribution in [0.1, 0.15) is 34.3 Å².